The molecule has 1 fully saturated rings. The summed E-state index contributed by atoms with van der Waals surface area (Å²) in [4.78, 5) is 22.4. The van der Waals surface area contributed by atoms with E-state index in [9.17, 15) is 14.7 Å². The van der Waals surface area contributed by atoms with Crippen LogP contribution in [0, 0.1) is 13.8 Å². The minimum absolute atomic E-state index is 0.0325. The third kappa shape index (κ3) is 5.00. The molecule has 1 aliphatic rings. The minimum Gasteiger partial charge on any atom is -0.507 e. The van der Waals surface area contributed by atoms with Crippen molar-refractivity contribution in [1.82, 2.24) is 5.32 Å². The van der Waals surface area contributed by atoms with Crippen LogP contribution in [-0.2, 0) is 0 Å². The third-order valence-electron chi connectivity index (χ3n) is 5.34. The van der Waals surface area contributed by atoms with Gasteiger partial charge in [-0.25, -0.2) is 9.59 Å². The normalized spacial score (nSPS) is 15.5. The van der Waals surface area contributed by atoms with Gasteiger partial charge >= 0.3 is 11.3 Å². The largest absolute Gasteiger partial charge is 0.507 e. The first-order valence-electron chi connectivity index (χ1n) is 10.5. The van der Waals surface area contributed by atoms with Crippen LogP contribution < -0.4 is 21.3 Å². The van der Waals surface area contributed by atoms with Gasteiger partial charge < -0.3 is 24.0 Å². The Kier molecular flexibility index (Phi) is 6.28. The summed E-state index contributed by atoms with van der Waals surface area (Å²) < 4.78 is 15.9. The number of fused-ring (bicyclic) bond motifs is 2. The Morgan fingerprint density at radius 2 is 1.56 bits per heavy atom. The van der Waals surface area contributed by atoms with Crippen LogP contribution in [0.25, 0.3) is 21.9 Å². The van der Waals surface area contributed by atoms with Crippen molar-refractivity contribution in [2.75, 3.05) is 13.2 Å². The van der Waals surface area contributed by atoms with Crippen LogP contribution in [-0.4, -0.2) is 24.3 Å². The van der Waals surface area contributed by atoms with Gasteiger partial charge in [-0.15, -0.1) is 0 Å². The van der Waals surface area contributed by atoms with Crippen molar-refractivity contribution in [2.24, 2.45) is 0 Å². The van der Waals surface area contributed by atoms with E-state index in [-0.39, 0.29) is 11.4 Å². The molecular weight excluding hydrogens is 410 g/mol. The summed E-state index contributed by atoms with van der Waals surface area (Å²) in [6, 6.07) is 13.9. The van der Waals surface area contributed by atoms with E-state index in [1.807, 2.05) is 38.1 Å². The molecular formula is C25H25NO6. The zero-order chi connectivity index (χ0) is 22.7. The second-order valence-electron chi connectivity index (χ2n) is 7.98. The number of hydrogen-bond donors (Lipinski definition) is 2. The van der Waals surface area contributed by atoms with Gasteiger partial charge in [0, 0.05) is 6.04 Å². The van der Waals surface area contributed by atoms with E-state index in [4.69, 9.17) is 13.6 Å². The Balaban J connectivity index is 0.000000165. The number of aromatic hydroxyl groups is 1. The highest BCUT2D eigenvalue weighted by Crippen LogP contribution is 2.25. The van der Waals surface area contributed by atoms with Crippen molar-refractivity contribution in [1.29, 1.82) is 0 Å². The van der Waals surface area contributed by atoms with Crippen molar-refractivity contribution >= 4 is 21.9 Å². The first-order chi connectivity index (χ1) is 15.4. The van der Waals surface area contributed by atoms with Crippen LogP contribution in [0.5, 0.6) is 11.5 Å². The Morgan fingerprint density at radius 1 is 0.938 bits per heavy atom. The highest BCUT2D eigenvalue weighted by molar-refractivity contribution is 5.84. The molecule has 2 aromatic heterocycles. The molecule has 166 valence electrons. The van der Waals surface area contributed by atoms with Crippen LogP contribution >= 0.6 is 0 Å². The van der Waals surface area contributed by atoms with Crippen molar-refractivity contribution < 1.29 is 18.7 Å². The predicted molar refractivity (Wildman–Crippen MR) is 123 cm³/mol. The number of ether oxygens (including phenoxy) is 1. The fourth-order valence-corrected chi connectivity index (χ4v) is 3.72. The molecule has 5 rings (SSSR count). The summed E-state index contributed by atoms with van der Waals surface area (Å²) in [6.07, 6.45) is 2.31. The van der Waals surface area contributed by atoms with E-state index in [2.05, 4.69) is 5.32 Å². The van der Waals surface area contributed by atoms with E-state index in [0.29, 0.717) is 35.0 Å². The van der Waals surface area contributed by atoms with Gasteiger partial charge in [-0.05, 0) is 57.5 Å². The third-order valence-corrected chi connectivity index (χ3v) is 5.34. The van der Waals surface area contributed by atoms with Crippen LogP contribution in [0.15, 0.2) is 67.0 Å². The first kappa shape index (κ1) is 21.6. The van der Waals surface area contributed by atoms with Gasteiger partial charge in [0.05, 0.1) is 22.9 Å². The smallest absolute Gasteiger partial charge is 0.339 e. The van der Waals surface area contributed by atoms with Crippen LogP contribution in [0.3, 0.4) is 0 Å². The Bertz CT molecular complexity index is 1360. The lowest BCUT2D eigenvalue weighted by Crippen LogP contribution is -2.28. The number of hydrogen-bond acceptors (Lipinski definition) is 7. The lowest BCUT2D eigenvalue weighted by atomic mass is 10.1. The van der Waals surface area contributed by atoms with Gasteiger partial charge in [0.2, 0.25) is 0 Å². The molecule has 7 heteroatoms. The second kappa shape index (κ2) is 9.28. The predicted octanol–water partition coefficient (Wildman–Crippen LogP) is 4.04. The molecule has 3 heterocycles. The van der Waals surface area contributed by atoms with Gasteiger partial charge in [-0.2, -0.15) is 0 Å². The standard InChI is InChI=1S/C15H17NO3.C10H8O3/c1-10-4-5-13-12(7-10)14(8-15(17)19-13)18-9-11-3-2-6-16-11;1-6-2-3-9-7(4-6)8(11)5-10(12)13-9/h4-5,7-8,11,16H,2-3,6,9H2,1H3;2-5,11H,1H3/t11-;/m0./s1. The Labute approximate surface area is 184 Å². The number of benzene rings is 2. The molecule has 2 N–H and O–H groups in total. The lowest BCUT2D eigenvalue weighted by Gasteiger charge is -2.13. The van der Waals surface area contributed by atoms with Gasteiger partial charge in [-0.3, -0.25) is 0 Å². The van der Waals surface area contributed by atoms with E-state index in [1.54, 1.807) is 12.1 Å². The maximum atomic E-state index is 11.5. The average Bonchev–Trinajstić information content (AvgIpc) is 3.27. The molecule has 0 aliphatic carbocycles. The quantitative estimate of drug-likeness (QED) is 0.468. The molecule has 0 unspecified atom stereocenters. The van der Waals surface area contributed by atoms with Crippen LogP contribution in [0.4, 0.5) is 0 Å². The molecule has 2 aromatic carbocycles. The van der Waals surface area contributed by atoms with Gasteiger partial charge in [0.15, 0.2) is 0 Å². The zero-order valence-corrected chi connectivity index (χ0v) is 18.0. The monoisotopic (exact) mass is 435 g/mol. The molecule has 0 bridgehead atoms. The van der Waals surface area contributed by atoms with Gasteiger partial charge in [0.25, 0.3) is 0 Å². The highest BCUT2D eigenvalue weighted by atomic mass is 16.5. The molecule has 1 aliphatic heterocycles. The van der Waals surface area contributed by atoms with E-state index in [0.717, 1.165) is 35.5 Å². The fraction of sp³-hybridized carbons (Fsp3) is 0.280. The Hall–Kier alpha value is -3.58. The summed E-state index contributed by atoms with van der Waals surface area (Å²) in [7, 11) is 0. The number of aryl methyl sites for hydroxylation is 2. The molecule has 0 saturated carbocycles. The first-order valence-corrected chi connectivity index (χ1v) is 10.5. The summed E-state index contributed by atoms with van der Waals surface area (Å²) in [5, 5.41) is 14.2. The second-order valence-corrected chi connectivity index (χ2v) is 7.98. The van der Waals surface area contributed by atoms with E-state index >= 15 is 0 Å². The number of nitrogens with one attached hydrogen (secondary N) is 1. The topological polar surface area (TPSA) is 102 Å². The molecule has 32 heavy (non-hydrogen) atoms. The van der Waals surface area contributed by atoms with Crippen molar-refractivity contribution in [2.45, 2.75) is 32.7 Å². The van der Waals surface area contributed by atoms with Crippen LogP contribution in [0.1, 0.15) is 24.0 Å². The van der Waals surface area contributed by atoms with Gasteiger partial charge in [-0.1, -0.05) is 23.3 Å². The zero-order valence-electron chi connectivity index (χ0n) is 18.0. The van der Waals surface area contributed by atoms with E-state index in [1.165, 1.54) is 12.5 Å². The molecule has 1 atom stereocenters. The van der Waals surface area contributed by atoms with Crippen LogP contribution in [0.2, 0.25) is 0 Å². The van der Waals surface area contributed by atoms with Crippen molar-refractivity contribution in [3.8, 4) is 11.5 Å². The summed E-state index contributed by atoms with van der Waals surface area (Å²) in [5.41, 5.74) is 2.21. The summed E-state index contributed by atoms with van der Waals surface area (Å²) in [5.74, 6) is 0.582. The maximum absolute atomic E-state index is 11.5. The molecule has 4 aromatic rings. The van der Waals surface area contributed by atoms with Gasteiger partial charge in [0.1, 0.15) is 29.3 Å². The number of rotatable bonds is 3. The van der Waals surface area contributed by atoms with Crippen molar-refractivity contribution in [3.63, 3.8) is 0 Å². The summed E-state index contributed by atoms with van der Waals surface area (Å²) >= 11 is 0. The summed E-state index contributed by atoms with van der Waals surface area (Å²) in [6.45, 7) is 5.55. The maximum Gasteiger partial charge on any atom is 0.339 e. The molecule has 1 saturated heterocycles. The molecule has 7 nitrogen and oxygen atoms in total. The lowest BCUT2D eigenvalue weighted by molar-refractivity contribution is 0.278. The molecule has 0 radical (unpaired) electrons. The minimum atomic E-state index is -0.533. The average molecular weight is 435 g/mol. The van der Waals surface area contributed by atoms with E-state index < -0.39 is 5.63 Å². The highest BCUT2D eigenvalue weighted by Gasteiger charge is 2.15. The SMILES string of the molecule is Cc1ccc2oc(=O)cc(O)c2c1.Cc1ccc2oc(=O)cc(OC[C@@H]3CCCN3)c2c1. The van der Waals surface area contributed by atoms with Crippen molar-refractivity contribution in [3.05, 3.63) is 80.5 Å². The molecule has 0 amide bonds. The molecule has 0 spiro atoms. The fourth-order valence-electron chi connectivity index (χ4n) is 3.72. The Morgan fingerprint density at radius 3 is 2.22 bits per heavy atom.